The Morgan fingerprint density at radius 3 is 2.47 bits per heavy atom. The van der Waals surface area contributed by atoms with Crippen molar-refractivity contribution in [1.82, 2.24) is 9.71 Å². The minimum absolute atomic E-state index is 0.00464. The molecule has 0 aliphatic heterocycles. The van der Waals surface area contributed by atoms with Gasteiger partial charge in [-0.1, -0.05) is 30.3 Å². The molecule has 1 heterocycles. The molecule has 0 spiro atoms. The monoisotopic (exact) mass is 296 g/mol. The van der Waals surface area contributed by atoms with E-state index in [1.165, 1.54) is 11.3 Å². The zero-order valence-electron chi connectivity index (χ0n) is 10.9. The lowest BCUT2D eigenvalue weighted by Gasteiger charge is -2.06. The van der Waals surface area contributed by atoms with Crippen molar-refractivity contribution in [3.63, 3.8) is 0 Å². The van der Waals surface area contributed by atoms with Crippen LogP contribution in [0.3, 0.4) is 0 Å². The summed E-state index contributed by atoms with van der Waals surface area (Å²) in [5.74, 6) is 0.00464. The fourth-order valence-corrected chi connectivity index (χ4v) is 3.82. The van der Waals surface area contributed by atoms with E-state index in [-0.39, 0.29) is 5.75 Å². The molecule has 2 rings (SSSR count). The number of rotatable bonds is 5. The first-order valence-corrected chi connectivity index (χ1v) is 8.37. The van der Waals surface area contributed by atoms with Gasteiger partial charge in [-0.15, -0.1) is 11.3 Å². The predicted molar refractivity (Wildman–Crippen MR) is 77.5 cm³/mol. The second-order valence-corrected chi connectivity index (χ2v) is 7.40. The number of hydrogen-bond acceptors (Lipinski definition) is 4. The minimum atomic E-state index is -3.31. The van der Waals surface area contributed by atoms with E-state index in [2.05, 4.69) is 9.71 Å². The number of aryl methyl sites for hydroxylation is 2. The normalized spacial score (nSPS) is 11.7. The van der Waals surface area contributed by atoms with Gasteiger partial charge in [0.2, 0.25) is 10.0 Å². The van der Waals surface area contributed by atoms with Gasteiger partial charge in [0.05, 0.1) is 16.5 Å². The molecule has 0 saturated carbocycles. The Bertz CT molecular complexity index is 649. The minimum Gasteiger partial charge on any atom is -0.247 e. The Hall–Kier alpha value is -1.24. The first-order chi connectivity index (χ1) is 8.96. The van der Waals surface area contributed by atoms with Gasteiger partial charge < -0.3 is 0 Å². The van der Waals surface area contributed by atoms with Crippen molar-refractivity contribution in [2.45, 2.75) is 26.1 Å². The van der Waals surface area contributed by atoms with Crippen LogP contribution >= 0.6 is 11.3 Å². The standard InChI is InChI=1S/C13H16N2O2S2/c1-10-13(18-11(2)15-10)8-14-19(16,17)9-12-6-4-3-5-7-12/h3-7,14H,8-9H2,1-2H3. The van der Waals surface area contributed by atoms with Gasteiger partial charge in [0, 0.05) is 11.4 Å². The smallest absolute Gasteiger partial charge is 0.216 e. The largest absolute Gasteiger partial charge is 0.247 e. The summed E-state index contributed by atoms with van der Waals surface area (Å²) in [5, 5.41) is 0.953. The first kappa shape index (κ1) is 14.2. The molecule has 2 aromatic rings. The number of benzene rings is 1. The SMILES string of the molecule is Cc1nc(C)c(CNS(=O)(=O)Cc2ccccc2)s1. The van der Waals surface area contributed by atoms with E-state index in [0.717, 1.165) is 21.1 Å². The van der Waals surface area contributed by atoms with E-state index in [1.54, 1.807) is 12.1 Å². The molecule has 0 radical (unpaired) electrons. The highest BCUT2D eigenvalue weighted by Crippen LogP contribution is 2.17. The van der Waals surface area contributed by atoms with E-state index in [4.69, 9.17) is 0 Å². The van der Waals surface area contributed by atoms with Gasteiger partial charge in [-0.05, 0) is 19.4 Å². The maximum Gasteiger partial charge on any atom is 0.216 e. The Morgan fingerprint density at radius 1 is 1.21 bits per heavy atom. The van der Waals surface area contributed by atoms with Crippen molar-refractivity contribution in [3.8, 4) is 0 Å². The Kier molecular flexibility index (Phi) is 4.34. The fraction of sp³-hybridized carbons (Fsp3) is 0.308. The van der Waals surface area contributed by atoms with Crippen LogP contribution in [0.25, 0.3) is 0 Å². The average molecular weight is 296 g/mol. The van der Waals surface area contributed by atoms with Crippen LogP contribution in [-0.2, 0) is 22.3 Å². The summed E-state index contributed by atoms with van der Waals surface area (Å²) in [6.07, 6.45) is 0. The Morgan fingerprint density at radius 2 is 1.89 bits per heavy atom. The van der Waals surface area contributed by atoms with Crippen molar-refractivity contribution in [2.24, 2.45) is 0 Å². The summed E-state index contributed by atoms with van der Waals surface area (Å²) in [7, 11) is -3.31. The molecular weight excluding hydrogens is 280 g/mol. The number of aromatic nitrogens is 1. The highest BCUT2D eigenvalue weighted by Gasteiger charge is 2.13. The fourth-order valence-electron chi connectivity index (χ4n) is 1.76. The number of nitrogens with one attached hydrogen (secondary N) is 1. The average Bonchev–Trinajstić information content (AvgIpc) is 2.66. The summed E-state index contributed by atoms with van der Waals surface area (Å²) in [6.45, 7) is 4.12. The van der Waals surface area contributed by atoms with Crippen LogP contribution in [-0.4, -0.2) is 13.4 Å². The summed E-state index contributed by atoms with van der Waals surface area (Å²) in [6, 6.07) is 9.15. The Balaban J connectivity index is 2.00. The molecule has 0 aliphatic carbocycles. The van der Waals surface area contributed by atoms with Crippen LogP contribution in [0.5, 0.6) is 0 Å². The van der Waals surface area contributed by atoms with E-state index in [9.17, 15) is 8.42 Å². The number of sulfonamides is 1. The molecule has 4 nitrogen and oxygen atoms in total. The molecule has 0 bridgehead atoms. The first-order valence-electron chi connectivity index (χ1n) is 5.90. The summed E-state index contributed by atoms with van der Waals surface area (Å²) < 4.78 is 26.5. The third kappa shape index (κ3) is 4.12. The highest BCUT2D eigenvalue weighted by molar-refractivity contribution is 7.88. The van der Waals surface area contributed by atoms with Gasteiger partial charge in [0.1, 0.15) is 0 Å². The van der Waals surface area contributed by atoms with Crippen molar-refractivity contribution in [3.05, 3.63) is 51.5 Å². The molecule has 0 fully saturated rings. The highest BCUT2D eigenvalue weighted by atomic mass is 32.2. The molecular formula is C13H16N2O2S2. The molecule has 0 saturated heterocycles. The van der Waals surface area contributed by atoms with Crippen molar-refractivity contribution >= 4 is 21.4 Å². The second kappa shape index (κ2) is 5.81. The van der Waals surface area contributed by atoms with Crippen LogP contribution in [0.2, 0.25) is 0 Å². The zero-order valence-corrected chi connectivity index (χ0v) is 12.5. The van der Waals surface area contributed by atoms with Crippen LogP contribution < -0.4 is 4.72 Å². The molecule has 1 aromatic heterocycles. The van der Waals surface area contributed by atoms with Crippen LogP contribution in [0.4, 0.5) is 0 Å². The van der Waals surface area contributed by atoms with Crippen LogP contribution in [0.1, 0.15) is 21.1 Å². The van der Waals surface area contributed by atoms with Crippen molar-refractivity contribution < 1.29 is 8.42 Å². The number of hydrogen-bond donors (Lipinski definition) is 1. The van der Waals surface area contributed by atoms with Crippen molar-refractivity contribution in [2.75, 3.05) is 0 Å². The predicted octanol–water partition coefficient (Wildman–Crippen LogP) is 2.38. The van der Waals surface area contributed by atoms with E-state index >= 15 is 0 Å². The summed E-state index contributed by atoms with van der Waals surface area (Å²) in [4.78, 5) is 5.25. The molecule has 1 N–H and O–H groups in total. The van der Waals surface area contributed by atoms with Gasteiger partial charge in [-0.2, -0.15) is 0 Å². The molecule has 0 aliphatic rings. The molecule has 19 heavy (non-hydrogen) atoms. The van der Waals surface area contributed by atoms with E-state index in [1.807, 2.05) is 32.0 Å². The lowest BCUT2D eigenvalue weighted by atomic mass is 10.2. The molecule has 1 aromatic carbocycles. The molecule has 0 amide bonds. The number of thiazole rings is 1. The molecule has 102 valence electrons. The molecule has 6 heteroatoms. The molecule has 0 unspecified atom stereocenters. The van der Waals surface area contributed by atoms with Gasteiger partial charge in [-0.3, -0.25) is 0 Å². The van der Waals surface area contributed by atoms with E-state index in [0.29, 0.717) is 6.54 Å². The quantitative estimate of drug-likeness (QED) is 0.921. The van der Waals surface area contributed by atoms with Crippen LogP contribution in [0.15, 0.2) is 30.3 Å². The molecule has 0 atom stereocenters. The topological polar surface area (TPSA) is 59.1 Å². The summed E-state index contributed by atoms with van der Waals surface area (Å²) in [5.41, 5.74) is 1.68. The maximum absolute atomic E-state index is 12.0. The summed E-state index contributed by atoms with van der Waals surface area (Å²) >= 11 is 1.52. The van der Waals surface area contributed by atoms with Gasteiger partial charge >= 0.3 is 0 Å². The van der Waals surface area contributed by atoms with Gasteiger partial charge in [0.15, 0.2) is 0 Å². The second-order valence-electron chi connectivity index (χ2n) is 4.31. The zero-order chi connectivity index (χ0) is 13.9. The maximum atomic E-state index is 12.0. The third-order valence-electron chi connectivity index (χ3n) is 2.65. The van der Waals surface area contributed by atoms with Crippen molar-refractivity contribution in [1.29, 1.82) is 0 Å². The lowest BCUT2D eigenvalue weighted by molar-refractivity contribution is 0.581. The Labute approximate surface area is 117 Å². The van der Waals surface area contributed by atoms with E-state index < -0.39 is 10.0 Å². The van der Waals surface area contributed by atoms with Crippen LogP contribution in [0, 0.1) is 13.8 Å². The number of nitrogens with zero attached hydrogens (tertiary/aromatic N) is 1. The van der Waals surface area contributed by atoms with Gasteiger partial charge in [-0.25, -0.2) is 18.1 Å². The van der Waals surface area contributed by atoms with Gasteiger partial charge in [0.25, 0.3) is 0 Å². The lowest BCUT2D eigenvalue weighted by Crippen LogP contribution is -2.24. The third-order valence-corrected chi connectivity index (χ3v) is 5.02.